The van der Waals surface area contributed by atoms with Gasteiger partial charge in [-0.2, -0.15) is 0 Å². The van der Waals surface area contributed by atoms with E-state index in [1.54, 1.807) is 24.3 Å². The highest BCUT2D eigenvalue weighted by Crippen LogP contribution is 2.21. The lowest BCUT2D eigenvalue weighted by atomic mass is 9.88. The molecule has 19 heavy (non-hydrogen) atoms. The maximum atomic E-state index is 11.9. The second-order valence-electron chi connectivity index (χ2n) is 6.02. The van der Waals surface area contributed by atoms with E-state index in [0.717, 1.165) is 0 Å². The minimum atomic E-state index is -0.252. The van der Waals surface area contributed by atoms with Crippen LogP contribution in [-0.2, 0) is 11.2 Å². The van der Waals surface area contributed by atoms with Gasteiger partial charge in [0.15, 0.2) is 0 Å². The molecule has 0 radical (unpaired) electrons. The number of nitrogens with one attached hydrogen (secondary N) is 1. The summed E-state index contributed by atoms with van der Waals surface area (Å²) in [6, 6.07) is 6.51. The van der Waals surface area contributed by atoms with Gasteiger partial charge in [0.25, 0.3) is 0 Å². The molecule has 0 aliphatic heterocycles. The molecule has 1 atom stereocenters. The topological polar surface area (TPSA) is 69.6 Å². The van der Waals surface area contributed by atoms with Gasteiger partial charge >= 0.3 is 0 Å². The minimum absolute atomic E-state index is 0.0373. The van der Waals surface area contributed by atoms with Crippen LogP contribution in [0.15, 0.2) is 24.3 Å². The molecule has 0 aliphatic carbocycles. The number of amides is 1. The van der Waals surface area contributed by atoms with Gasteiger partial charge in [0, 0.05) is 5.56 Å². The molecule has 0 saturated carbocycles. The Morgan fingerprint density at radius 1 is 1.32 bits per heavy atom. The van der Waals surface area contributed by atoms with Crippen molar-refractivity contribution in [2.24, 2.45) is 5.41 Å². The van der Waals surface area contributed by atoms with E-state index in [-0.39, 0.29) is 36.1 Å². The molecule has 0 heterocycles. The van der Waals surface area contributed by atoms with Crippen LogP contribution in [0.5, 0.6) is 5.75 Å². The second kappa shape index (κ2) is 6.57. The normalized spacial score (nSPS) is 13.1. The van der Waals surface area contributed by atoms with Gasteiger partial charge in [-0.25, -0.2) is 0 Å². The number of rotatable bonds is 5. The van der Waals surface area contributed by atoms with E-state index in [1.165, 1.54) is 0 Å². The number of aliphatic hydroxyl groups excluding tert-OH is 1. The molecule has 1 aromatic rings. The van der Waals surface area contributed by atoms with Gasteiger partial charge in [-0.1, -0.05) is 39.0 Å². The second-order valence-corrected chi connectivity index (χ2v) is 6.02. The maximum absolute atomic E-state index is 11.9. The van der Waals surface area contributed by atoms with Crippen LogP contribution in [-0.4, -0.2) is 28.8 Å². The van der Waals surface area contributed by atoms with Crippen molar-refractivity contribution in [1.29, 1.82) is 0 Å². The summed E-state index contributed by atoms with van der Waals surface area (Å²) < 4.78 is 0. The van der Waals surface area contributed by atoms with E-state index in [1.807, 2.05) is 0 Å². The van der Waals surface area contributed by atoms with Crippen LogP contribution in [0.25, 0.3) is 0 Å². The molecule has 4 nitrogen and oxygen atoms in total. The summed E-state index contributed by atoms with van der Waals surface area (Å²) in [7, 11) is 0. The lowest BCUT2D eigenvalue weighted by Gasteiger charge is -2.25. The fourth-order valence-electron chi connectivity index (χ4n) is 2.01. The summed E-state index contributed by atoms with van der Waals surface area (Å²) in [6.07, 6.45) is 0.823. The Bertz CT molecular complexity index is 424. The van der Waals surface area contributed by atoms with Gasteiger partial charge in [-0.15, -0.1) is 0 Å². The van der Waals surface area contributed by atoms with Crippen LogP contribution in [0.4, 0.5) is 0 Å². The van der Waals surface area contributed by atoms with Crippen molar-refractivity contribution in [3.63, 3.8) is 0 Å². The Kier molecular flexibility index (Phi) is 5.36. The van der Waals surface area contributed by atoms with Gasteiger partial charge in [0.1, 0.15) is 5.75 Å². The molecule has 3 N–H and O–H groups in total. The van der Waals surface area contributed by atoms with Crippen LogP contribution >= 0.6 is 0 Å². The minimum Gasteiger partial charge on any atom is -0.508 e. The fraction of sp³-hybridized carbons (Fsp3) is 0.533. The number of carbonyl (C=O) groups excluding carboxylic acids is 1. The Morgan fingerprint density at radius 2 is 1.95 bits per heavy atom. The number of benzene rings is 1. The first-order chi connectivity index (χ1) is 8.81. The monoisotopic (exact) mass is 265 g/mol. The predicted molar refractivity (Wildman–Crippen MR) is 74.9 cm³/mol. The van der Waals surface area contributed by atoms with Crippen LogP contribution in [0.3, 0.4) is 0 Å². The van der Waals surface area contributed by atoms with E-state index in [4.69, 9.17) is 0 Å². The van der Waals surface area contributed by atoms with Crippen LogP contribution in [0, 0.1) is 5.41 Å². The summed E-state index contributed by atoms with van der Waals surface area (Å²) in [4.78, 5) is 11.9. The number of carbonyl (C=O) groups is 1. The number of hydrogen-bond acceptors (Lipinski definition) is 3. The quantitative estimate of drug-likeness (QED) is 0.761. The Balaban J connectivity index is 2.57. The summed E-state index contributed by atoms with van der Waals surface area (Å²) in [5.41, 5.74) is 0.627. The van der Waals surface area contributed by atoms with Crippen LogP contribution < -0.4 is 5.32 Å². The highest BCUT2D eigenvalue weighted by Gasteiger charge is 2.20. The molecule has 106 valence electrons. The highest BCUT2D eigenvalue weighted by molar-refractivity contribution is 5.79. The largest absolute Gasteiger partial charge is 0.508 e. The first kappa shape index (κ1) is 15.5. The molecule has 1 rings (SSSR count). The van der Waals surface area contributed by atoms with Crippen molar-refractivity contribution in [1.82, 2.24) is 5.32 Å². The molecule has 0 fully saturated rings. The molecule has 0 bridgehead atoms. The third-order valence-electron chi connectivity index (χ3n) is 2.79. The maximum Gasteiger partial charge on any atom is 0.224 e. The first-order valence-corrected chi connectivity index (χ1v) is 6.49. The lowest BCUT2D eigenvalue weighted by molar-refractivity contribution is -0.121. The zero-order valence-electron chi connectivity index (χ0n) is 11.8. The molecule has 0 aromatic heterocycles. The van der Waals surface area contributed by atoms with Gasteiger partial charge in [-0.3, -0.25) is 4.79 Å². The molecule has 1 amide bonds. The zero-order valence-corrected chi connectivity index (χ0v) is 11.8. The summed E-state index contributed by atoms with van der Waals surface area (Å²) in [6.45, 7) is 6.10. The number of aliphatic hydroxyl groups is 1. The van der Waals surface area contributed by atoms with Crippen molar-refractivity contribution < 1.29 is 15.0 Å². The molecule has 0 aliphatic rings. The van der Waals surface area contributed by atoms with Crippen molar-refractivity contribution in [2.75, 3.05) is 6.61 Å². The standard InChI is InChI=1S/C15H23NO3/c1-15(2,3)9-12(10-17)16-14(19)8-11-6-4-5-7-13(11)18/h4-7,12,17-18H,8-10H2,1-3H3,(H,16,19)/t12-/m1/s1. The zero-order chi connectivity index (χ0) is 14.5. The van der Waals surface area contributed by atoms with E-state index >= 15 is 0 Å². The van der Waals surface area contributed by atoms with Gasteiger partial charge in [-0.05, 0) is 17.9 Å². The SMILES string of the molecule is CC(C)(C)C[C@H](CO)NC(=O)Cc1ccccc1O. The number of hydrogen-bond donors (Lipinski definition) is 3. The summed E-state index contributed by atoms with van der Waals surface area (Å²) in [5, 5.41) is 21.7. The Morgan fingerprint density at radius 3 is 2.47 bits per heavy atom. The van der Waals surface area contributed by atoms with Crippen molar-refractivity contribution in [3.8, 4) is 5.75 Å². The molecular formula is C15H23NO3. The molecule has 0 spiro atoms. The average Bonchev–Trinajstić information content (AvgIpc) is 2.29. The highest BCUT2D eigenvalue weighted by atomic mass is 16.3. The third-order valence-corrected chi connectivity index (χ3v) is 2.79. The van der Waals surface area contributed by atoms with E-state index in [0.29, 0.717) is 12.0 Å². The Labute approximate surface area is 114 Å². The number of phenols is 1. The smallest absolute Gasteiger partial charge is 0.224 e. The Hall–Kier alpha value is -1.55. The number of para-hydroxylation sites is 1. The fourth-order valence-corrected chi connectivity index (χ4v) is 2.01. The first-order valence-electron chi connectivity index (χ1n) is 6.49. The van der Waals surface area contributed by atoms with Gasteiger partial charge in [0.05, 0.1) is 19.1 Å². The van der Waals surface area contributed by atoms with E-state index in [2.05, 4.69) is 26.1 Å². The average molecular weight is 265 g/mol. The third kappa shape index (κ3) is 5.75. The molecule has 4 heteroatoms. The number of aromatic hydroxyl groups is 1. The molecule has 0 unspecified atom stereocenters. The van der Waals surface area contributed by atoms with Crippen molar-refractivity contribution in [3.05, 3.63) is 29.8 Å². The van der Waals surface area contributed by atoms with Crippen molar-refractivity contribution in [2.45, 2.75) is 39.7 Å². The predicted octanol–water partition coefficient (Wildman–Crippen LogP) is 1.85. The van der Waals surface area contributed by atoms with Gasteiger partial charge < -0.3 is 15.5 Å². The van der Waals surface area contributed by atoms with E-state index in [9.17, 15) is 15.0 Å². The van der Waals surface area contributed by atoms with Crippen molar-refractivity contribution >= 4 is 5.91 Å². The molecule has 0 saturated heterocycles. The summed E-state index contributed by atoms with van der Waals surface area (Å²) >= 11 is 0. The molecular weight excluding hydrogens is 242 g/mol. The molecule has 1 aromatic carbocycles. The van der Waals surface area contributed by atoms with Crippen LogP contribution in [0.2, 0.25) is 0 Å². The lowest BCUT2D eigenvalue weighted by Crippen LogP contribution is -2.40. The van der Waals surface area contributed by atoms with Gasteiger partial charge in [0.2, 0.25) is 5.91 Å². The van der Waals surface area contributed by atoms with E-state index < -0.39 is 0 Å². The van der Waals surface area contributed by atoms with Crippen LogP contribution in [0.1, 0.15) is 32.8 Å². The number of phenolic OH excluding ortho intramolecular Hbond substituents is 1. The summed E-state index contributed by atoms with van der Waals surface area (Å²) in [5.74, 6) is -0.0705.